The van der Waals surface area contributed by atoms with Crippen molar-refractivity contribution in [2.75, 3.05) is 6.54 Å². The zero-order chi connectivity index (χ0) is 16.8. The summed E-state index contributed by atoms with van der Waals surface area (Å²) < 4.78 is 39.7. The van der Waals surface area contributed by atoms with Crippen LogP contribution < -0.4 is 11.1 Å². The monoisotopic (exact) mass is 316 g/mol. The van der Waals surface area contributed by atoms with E-state index in [9.17, 15) is 18.0 Å². The largest absolute Gasteiger partial charge is 0.408 e. The first-order valence-corrected chi connectivity index (χ1v) is 7.40. The van der Waals surface area contributed by atoms with Crippen molar-refractivity contribution in [2.45, 2.75) is 45.3 Å². The van der Waals surface area contributed by atoms with Crippen molar-refractivity contribution >= 4 is 5.91 Å². The number of rotatable bonds is 7. The average molecular weight is 316 g/mol. The fourth-order valence-electron chi connectivity index (χ4n) is 2.36. The minimum atomic E-state index is -4.51. The summed E-state index contributed by atoms with van der Waals surface area (Å²) in [4.78, 5) is 12.3. The van der Waals surface area contributed by atoms with E-state index >= 15 is 0 Å². The standard InChI is InChI=1S/C16H23F3N2O/c1-3-15(4-2,11-20)14(22)21-13(16(17,18)19)10-12-8-6-5-7-9-12/h5-9,13H,3-4,10-11,20H2,1-2H3,(H,21,22). The third-order valence-corrected chi connectivity index (χ3v) is 4.21. The summed E-state index contributed by atoms with van der Waals surface area (Å²) in [7, 11) is 0. The van der Waals surface area contributed by atoms with E-state index in [-0.39, 0.29) is 13.0 Å². The highest BCUT2D eigenvalue weighted by Crippen LogP contribution is 2.28. The number of amides is 1. The van der Waals surface area contributed by atoms with Crippen LogP contribution in [-0.4, -0.2) is 24.7 Å². The maximum atomic E-state index is 13.2. The topological polar surface area (TPSA) is 55.1 Å². The van der Waals surface area contributed by atoms with Crippen LogP contribution in [0.4, 0.5) is 13.2 Å². The molecule has 0 spiro atoms. The highest BCUT2D eigenvalue weighted by Gasteiger charge is 2.43. The quantitative estimate of drug-likeness (QED) is 0.812. The number of carbonyl (C=O) groups excluding carboxylic acids is 1. The zero-order valence-corrected chi connectivity index (χ0v) is 12.9. The van der Waals surface area contributed by atoms with Gasteiger partial charge in [0.2, 0.25) is 5.91 Å². The Balaban J connectivity index is 2.93. The third-order valence-electron chi connectivity index (χ3n) is 4.21. The summed E-state index contributed by atoms with van der Waals surface area (Å²) in [6, 6.07) is 6.39. The summed E-state index contributed by atoms with van der Waals surface area (Å²) in [6.45, 7) is 3.55. The lowest BCUT2D eigenvalue weighted by Crippen LogP contribution is -2.54. The second-order valence-electron chi connectivity index (χ2n) is 5.45. The molecule has 0 aliphatic rings. The van der Waals surface area contributed by atoms with Gasteiger partial charge in [0.25, 0.3) is 0 Å². The minimum Gasteiger partial charge on any atom is -0.344 e. The van der Waals surface area contributed by atoms with Crippen molar-refractivity contribution < 1.29 is 18.0 Å². The zero-order valence-electron chi connectivity index (χ0n) is 12.9. The van der Waals surface area contributed by atoms with Gasteiger partial charge in [0.05, 0.1) is 5.41 Å². The number of carbonyl (C=O) groups is 1. The maximum Gasteiger partial charge on any atom is 0.408 e. The molecule has 3 nitrogen and oxygen atoms in total. The molecule has 124 valence electrons. The van der Waals surface area contributed by atoms with Gasteiger partial charge in [-0.25, -0.2) is 0 Å². The molecule has 1 aromatic carbocycles. The van der Waals surface area contributed by atoms with Crippen molar-refractivity contribution in [3.05, 3.63) is 35.9 Å². The van der Waals surface area contributed by atoms with Crippen LogP contribution in [0.3, 0.4) is 0 Å². The van der Waals surface area contributed by atoms with E-state index in [1.807, 2.05) is 0 Å². The van der Waals surface area contributed by atoms with E-state index < -0.39 is 23.5 Å². The lowest BCUT2D eigenvalue weighted by molar-refractivity contribution is -0.164. The molecule has 0 bridgehead atoms. The molecule has 1 unspecified atom stereocenters. The lowest BCUT2D eigenvalue weighted by Gasteiger charge is -2.32. The number of halogens is 3. The molecule has 1 atom stereocenters. The lowest BCUT2D eigenvalue weighted by atomic mass is 9.81. The van der Waals surface area contributed by atoms with Crippen molar-refractivity contribution in [3.63, 3.8) is 0 Å². The van der Waals surface area contributed by atoms with Crippen molar-refractivity contribution in [1.82, 2.24) is 5.32 Å². The number of hydrogen-bond donors (Lipinski definition) is 2. The van der Waals surface area contributed by atoms with Gasteiger partial charge < -0.3 is 11.1 Å². The van der Waals surface area contributed by atoms with Gasteiger partial charge >= 0.3 is 6.18 Å². The summed E-state index contributed by atoms with van der Waals surface area (Å²) >= 11 is 0. The molecule has 0 heterocycles. The molecule has 1 rings (SSSR count). The highest BCUT2D eigenvalue weighted by atomic mass is 19.4. The SMILES string of the molecule is CCC(CC)(CN)C(=O)NC(Cc1ccccc1)C(F)(F)F. The van der Waals surface area contributed by atoms with Gasteiger partial charge in [-0.1, -0.05) is 44.2 Å². The Hall–Kier alpha value is -1.56. The first-order valence-electron chi connectivity index (χ1n) is 7.40. The average Bonchev–Trinajstić information content (AvgIpc) is 2.49. The Morgan fingerprint density at radius 1 is 1.18 bits per heavy atom. The maximum absolute atomic E-state index is 13.2. The molecule has 0 radical (unpaired) electrons. The molecular formula is C16H23F3N2O. The van der Waals surface area contributed by atoms with Gasteiger partial charge in [-0.2, -0.15) is 13.2 Å². The fraction of sp³-hybridized carbons (Fsp3) is 0.562. The summed E-state index contributed by atoms with van der Waals surface area (Å²) in [5.74, 6) is -0.627. The Morgan fingerprint density at radius 2 is 1.73 bits per heavy atom. The molecule has 1 aromatic rings. The molecular weight excluding hydrogens is 293 g/mol. The van der Waals surface area contributed by atoms with E-state index in [1.165, 1.54) is 0 Å². The number of nitrogens with one attached hydrogen (secondary N) is 1. The van der Waals surface area contributed by atoms with Gasteiger partial charge in [0.1, 0.15) is 6.04 Å². The molecule has 22 heavy (non-hydrogen) atoms. The first-order chi connectivity index (χ1) is 10.3. The molecule has 0 aliphatic carbocycles. The number of alkyl halides is 3. The van der Waals surface area contributed by atoms with Gasteiger partial charge in [-0.3, -0.25) is 4.79 Å². The molecule has 0 fully saturated rings. The molecule has 0 aliphatic heterocycles. The predicted octanol–water partition coefficient (Wildman–Crippen LogP) is 3.04. The van der Waals surface area contributed by atoms with Crippen LogP contribution in [0, 0.1) is 5.41 Å². The molecule has 0 aromatic heterocycles. The second kappa shape index (κ2) is 7.63. The summed E-state index contributed by atoms with van der Waals surface area (Å²) in [5, 5.41) is 2.16. The number of benzene rings is 1. The van der Waals surface area contributed by atoms with Gasteiger partial charge in [-0.05, 0) is 18.4 Å². The second-order valence-corrected chi connectivity index (χ2v) is 5.45. The van der Waals surface area contributed by atoms with Crippen LogP contribution in [0.25, 0.3) is 0 Å². The van der Waals surface area contributed by atoms with E-state index in [4.69, 9.17) is 5.73 Å². The first kappa shape index (κ1) is 18.5. The van der Waals surface area contributed by atoms with Crippen LogP contribution in [0.15, 0.2) is 30.3 Å². The smallest absolute Gasteiger partial charge is 0.344 e. The predicted molar refractivity (Wildman–Crippen MR) is 80.2 cm³/mol. The highest BCUT2D eigenvalue weighted by molar-refractivity contribution is 5.83. The third kappa shape index (κ3) is 4.47. The summed E-state index contributed by atoms with van der Waals surface area (Å²) in [6.07, 6.45) is -3.99. The fourth-order valence-corrected chi connectivity index (χ4v) is 2.36. The molecule has 0 saturated carbocycles. The van der Waals surface area contributed by atoms with Crippen LogP contribution >= 0.6 is 0 Å². The Bertz CT molecular complexity index is 462. The minimum absolute atomic E-state index is 0.0295. The molecule has 3 N–H and O–H groups in total. The number of hydrogen-bond acceptors (Lipinski definition) is 2. The van der Waals surface area contributed by atoms with E-state index in [2.05, 4.69) is 5.32 Å². The van der Waals surface area contributed by atoms with E-state index in [0.29, 0.717) is 18.4 Å². The normalized spacial score (nSPS) is 13.7. The van der Waals surface area contributed by atoms with Crippen molar-refractivity contribution in [2.24, 2.45) is 11.1 Å². The molecule has 0 saturated heterocycles. The van der Waals surface area contributed by atoms with Crippen LogP contribution in [0.2, 0.25) is 0 Å². The van der Waals surface area contributed by atoms with Gasteiger partial charge in [0, 0.05) is 13.0 Å². The Morgan fingerprint density at radius 3 is 2.14 bits per heavy atom. The van der Waals surface area contributed by atoms with Crippen LogP contribution in [-0.2, 0) is 11.2 Å². The van der Waals surface area contributed by atoms with Crippen LogP contribution in [0.1, 0.15) is 32.3 Å². The van der Waals surface area contributed by atoms with Gasteiger partial charge in [0.15, 0.2) is 0 Å². The van der Waals surface area contributed by atoms with Crippen LogP contribution in [0.5, 0.6) is 0 Å². The number of nitrogens with two attached hydrogens (primary N) is 1. The van der Waals surface area contributed by atoms with Gasteiger partial charge in [-0.15, -0.1) is 0 Å². The van der Waals surface area contributed by atoms with E-state index in [0.717, 1.165) is 0 Å². The van der Waals surface area contributed by atoms with Crippen molar-refractivity contribution in [3.8, 4) is 0 Å². The Kier molecular flexibility index (Phi) is 6.41. The van der Waals surface area contributed by atoms with E-state index in [1.54, 1.807) is 44.2 Å². The molecule has 6 heteroatoms. The molecule has 1 amide bonds. The Labute approximate surface area is 129 Å². The summed E-state index contributed by atoms with van der Waals surface area (Å²) in [5.41, 5.74) is 5.21. The van der Waals surface area contributed by atoms with Crippen molar-refractivity contribution in [1.29, 1.82) is 0 Å².